The predicted octanol–water partition coefficient (Wildman–Crippen LogP) is 0.999. The molecule has 0 spiro atoms. The molecule has 1 heterocycles. The van der Waals surface area contributed by atoms with Crippen molar-refractivity contribution in [2.24, 2.45) is 0 Å². The van der Waals surface area contributed by atoms with Crippen molar-refractivity contribution in [3.05, 3.63) is 23.7 Å². The van der Waals surface area contributed by atoms with Crippen LogP contribution in [-0.2, 0) is 11.2 Å². The molecule has 0 atom stereocenters. The first kappa shape index (κ1) is 11.3. The number of carbonyl (C=O) groups excluding carboxylic acids is 1. The molecule has 15 heavy (non-hydrogen) atoms. The third kappa shape index (κ3) is 3.12. The quantitative estimate of drug-likeness (QED) is 0.806. The van der Waals surface area contributed by atoms with Crippen LogP contribution in [0.5, 0.6) is 0 Å². The van der Waals surface area contributed by atoms with Crippen LogP contribution in [0.4, 0.5) is 0 Å². The van der Waals surface area contributed by atoms with Crippen molar-refractivity contribution < 1.29 is 19.1 Å². The summed E-state index contributed by atoms with van der Waals surface area (Å²) in [6.07, 6.45) is 0.305. The summed E-state index contributed by atoms with van der Waals surface area (Å²) in [7, 11) is 3.25. The molecule has 5 heteroatoms. The van der Waals surface area contributed by atoms with Crippen LogP contribution in [0.15, 0.2) is 16.5 Å². The van der Waals surface area contributed by atoms with Gasteiger partial charge in [-0.25, -0.2) is 0 Å². The molecule has 0 aliphatic carbocycles. The van der Waals surface area contributed by atoms with Gasteiger partial charge in [0.25, 0.3) is 5.91 Å². The van der Waals surface area contributed by atoms with Crippen LogP contribution in [0, 0.1) is 0 Å². The Labute approximate surface area is 87.3 Å². The zero-order valence-electron chi connectivity index (χ0n) is 8.69. The lowest BCUT2D eigenvalue weighted by Crippen LogP contribution is -2.20. The topological polar surface area (TPSA) is 70.8 Å². The Hall–Kier alpha value is -1.78. The van der Waals surface area contributed by atoms with E-state index < -0.39 is 5.97 Å². The second-order valence-electron chi connectivity index (χ2n) is 3.36. The van der Waals surface area contributed by atoms with E-state index in [-0.39, 0.29) is 18.1 Å². The average molecular weight is 211 g/mol. The number of aryl methyl sites for hydroxylation is 1. The van der Waals surface area contributed by atoms with Crippen molar-refractivity contribution in [1.82, 2.24) is 4.90 Å². The first-order chi connectivity index (χ1) is 7.00. The Morgan fingerprint density at radius 2 is 2.07 bits per heavy atom. The Balaban J connectivity index is 2.64. The molecule has 1 amide bonds. The number of hydrogen-bond donors (Lipinski definition) is 1. The van der Waals surface area contributed by atoms with Crippen LogP contribution >= 0.6 is 0 Å². The largest absolute Gasteiger partial charge is 0.481 e. The van der Waals surface area contributed by atoms with E-state index in [2.05, 4.69) is 0 Å². The number of rotatable bonds is 4. The van der Waals surface area contributed by atoms with Crippen LogP contribution in [0.25, 0.3) is 0 Å². The Kier molecular flexibility index (Phi) is 3.49. The second kappa shape index (κ2) is 4.63. The molecule has 0 unspecified atom stereocenters. The zero-order chi connectivity index (χ0) is 11.4. The molecule has 0 saturated carbocycles. The lowest BCUT2D eigenvalue weighted by Gasteiger charge is -2.06. The highest BCUT2D eigenvalue weighted by atomic mass is 16.4. The van der Waals surface area contributed by atoms with Crippen LogP contribution in [-0.4, -0.2) is 36.0 Å². The number of carbonyl (C=O) groups is 2. The maximum atomic E-state index is 11.4. The number of carboxylic acids is 1. The van der Waals surface area contributed by atoms with Crippen LogP contribution < -0.4 is 0 Å². The van der Waals surface area contributed by atoms with Gasteiger partial charge >= 0.3 is 5.97 Å². The monoisotopic (exact) mass is 211 g/mol. The summed E-state index contributed by atoms with van der Waals surface area (Å²) in [6.45, 7) is 0. The predicted molar refractivity (Wildman–Crippen MR) is 52.7 cm³/mol. The van der Waals surface area contributed by atoms with Crippen molar-refractivity contribution in [2.75, 3.05) is 14.1 Å². The Morgan fingerprint density at radius 3 is 2.60 bits per heavy atom. The second-order valence-corrected chi connectivity index (χ2v) is 3.36. The summed E-state index contributed by atoms with van der Waals surface area (Å²) in [4.78, 5) is 23.1. The van der Waals surface area contributed by atoms with Crippen LogP contribution in [0.3, 0.4) is 0 Å². The van der Waals surface area contributed by atoms with Gasteiger partial charge in [-0.15, -0.1) is 0 Å². The minimum Gasteiger partial charge on any atom is -0.481 e. The van der Waals surface area contributed by atoms with E-state index in [1.165, 1.54) is 4.90 Å². The van der Waals surface area contributed by atoms with Gasteiger partial charge in [-0.2, -0.15) is 0 Å². The van der Waals surface area contributed by atoms with E-state index in [1.807, 2.05) is 0 Å². The normalized spacial score (nSPS) is 10.0. The molecule has 1 rings (SSSR count). The van der Waals surface area contributed by atoms with E-state index in [1.54, 1.807) is 26.2 Å². The molecule has 5 nitrogen and oxygen atoms in total. The van der Waals surface area contributed by atoms with Crippen LogP contribution in [0.1, 0.15) is 22.7 Å². The van der Waals surface area contributed by atoms with Gasteiger partial charge in [0.1, 0.15) is 5.76 Å². The zero-order valence-corrected chi connectivity index (χ0v) is 8.69. The summed E-state index contributed by atoms with van der Waals surface area (Å²) >= 11 is 0. The molecule has 0 fully saturated rings. The molecule has 0 aliphatic rings. The third-order valence-corrected chi connectivity index (χ3v) is 1.86. The first-order valence-electron chi connectivity index (χ1n) is 4.53. The van der Waals surface area contributed by atoms with E-state index in [4.69, 9.17) is 9.52 Å². The van der Waals surface area contributed by atoms with Crippen molar-refractivity contribution in [3.63, 3.8) is 0 Å². The summed E-state index contributed by atoms with van der Waals surface area (Å²) in [6, 6.07) is 3.18. The van der Waals surface area contributed by atoms with Gasteiger partial charge in [0.2, 0.25) is 0 Å². The fourth-order valence-electron chi connectivity index (χ4n) is 1.08. The summed E-state index contributed by atoms with van der Waals surface area (Å²) in [5.41, 5.74) is 0. The van der Waals surface area contributed by atoms with E-state index in [0.717, 1.165) is 0 Å². The Bertz CT molecular complexity index is 367. The highest BCUT2D eigenvalue weighted by Crippen LogP contribution is 2.11. The fraction of sp³-hybridized carbons (Fsp3) is 0.400. The standard InChI is InChI=1S/C10H13NO4/c1-11(2)10(14)8-5-3-7(15-8)4-6-9(12)13/h3,5H,4,6H2,1-2H3,(H,12,13). The third-order valence-electron chi connectivity index (χ3n) is 1.86. The number of furan rings is 1. The number of carboxylic acid groups (broad SMARTS) is 1. The molecule has 1 N–H and O–H groups in total. The maximum absolute atomic E-state index is 11.4. The van der Waals surface area contributed by atoms with Crippen molar-refractivity contribution in [1.29, 1.82) is 0 Å². The van der Waals surface area contributed by atoms with Gasteiger partial charge in [-0.05, 0) is 12.1 Å². The first-order valence-corrected chi connectivity index (χ1v) is 4.53. The van der Waals surface area contributed by atoms with Gasteiger partial charge in [0, 0.05) is 20.5 Å². The van der Waals surface area contributed by atoms with Crippen molar-refractivity contribution in [2.45, 2.75) is 12.8 Å². The summed E-state index contributed by atoms with van der Waals surface area (Å²) in [5, 5.41) is 8.46. The van der Waals surface area contributed by atoms with E-state index >= 15 is 0 Å². The van der Waals surface area contributed by atoms with Gasteiger partial charge in [0.15, 0.2) is 5.76 Å². The molecular formula is C10H13NO4. The van der Waals surface area contributed by atoms with Gasteiger partial charge in [-0.1, -0.05) is 0 Å². The Morgan fingerprint density at radius 1 is 1.40 bits per heavy atom. The minimum atomic E-state index is -0.883. The SMILES string of the molecule is CN(C)C(=O)c1ccc(CCC(=O)O)o1. The smallest absolute Gasteiger partial charge is 0.303 e. The molecule has 0 aromatic carbocycles. The molecule has 0 radical (unpaired) electrons. The molecule has 0 aliphatic heterocycles. The molecule has 82 valence electrons. The van der Waals surface area contributed by atoms with Crippen LogP contribution in [0.2, 0.25) is 0 Å². The van der Waals surface area contributed by atoms with Gasteiger partial charge < -0.3 is 14.4 Å². The molecule has 0 saturated heterocycles. The van der Waals surface area contributed by atoms with Crippen molar-refractivity contribution in [3.8, 4) is 0 Å². The molecule has 1 aromatic heterocycles. The average Bonchev–Trinajstić information content (AvgIpc) is 2.61. The highest BCUT2D eigenvalue weighted by Gasteiger charge is 2.13. The number of nitrogens with zero attached hydrogens (tertiary/aromatic N) is 1. The fourth-order valence-corrected chi connectivity index (χ4v) is 1.08. The molecular weight excluding hydrogens is 198 g/mol. The number of aliphatic carboxylic acids is 1. The number of hydrogen-bond acceptors (Lipinski definition) is 3. The van der Waals surface area contributed by atoms with E-state index in [0.29, 0.717) is 12.2 Å². The highest BCUT2D eigenvalue weighted by molar-refractivity contribution is 5.91. The lowest BCUT2D eigenvalue weighted by atomic mass is 10.2. The minimum absolute atomic E-state index is 0.00308. The summed E-state index contributed by atoms with van der Waals surface area (Å²) < 4.78 is 5.20. The maximum Gasteiger partial charge on any atom is 0.303 e. The summed E-state index contributed by atoms with van der Waals surface area (Å²) in [5.74, 6) is -0.355. The number of amides is 1. The lowest BCUT2D eigenvalue weighted by molar-refractivity contribution is -0.137. The molecule has 1 aromatic rings. The van der Waals surface area contributed by atoms with Gasteiger partial charge in [0.05, 0.1) is 6.42 Å². The van der Waals surface area contributed by atoms with Gasteiger partial charge in [-0.3, -0.25) is 9.59 Å². The molecule has 0 bridgehead atoms. The van der Waals surface area contributed by atoms with Crippen molar-refractivity contribution >= 4 is 11.9 Å². The van der Waals surface area contributed by atoms with E-state index in [9.17, 15) is 9.59 Å².